The summed E-state index contributed by atoms with van der Waals surface area (Å²) in [6.45, 7) is 10.4. The van der Waals surface area contributed by atoms with Crippen LogP contribution in [0.3, 0.4) is 0 Å². The van der Waals surface area contributed by atoms with Gasteiger partial charge >= 0.3 is 0 Å². The summed E-state index contributed by atoms with van der Waals surface area (Å²) >= 11 is 0. The van der Waals surface area contributed by atoms with E-state index in [1.165, 1.54) is 0 Å². The molecule has 222 valence electrons. The van der Waals surface area contributed by atoms with Crippen molar-refractivity contribution >= 4 is 5.91 Å². The molecule has 1 aromatic heterocycles. The first-order valence-electron chi connectivity index (χ1n) is 15.3. The number of ether oxygens (including phenoxy) is 3. The average molecular weight is 573 g/mol. The number of carbonyl (C=O) groups is 1. The fourth-order valence-electron chi connectivity index (χ4n) is 8.05. The minimum absolute atomic E-state index is 0.152. The maximum absolute atomic E-state index is 14.2. The van der Waals surface area contributed by atoms with E-state index in [-0.39, 0.29) is 29.3 Å². The Morgan fingerprint density at radius 3 is 2.40 bits per heavy atom. The number of rotatable bonds is 5. The summed E-state index contributed by atoms with van der Waals surface area (Å²) < 4.78 is 18.8. The lowest BCUT2D eigenvalue weighted by molar-refractivity contribution is -0.130. The number of fused-ring (bicyclic) bond motifs is 3. The Morgan fingerprint density at radius 1 is 1.10 bits per heavy atom. The highest BCUT2D eigenvalue weighted by atomic mass is 16.7. The minimum Gasteiger partial charge on any atom is -0.448 e. The van der Waals surface area contributed by atoms with Gasteiger partial charge in [-0.3, -0.25) is 14.5 Å². The number of aryl methyl sites for hydroxylation is 2. The highest BCUT2D eigenvalue weighted by molar-refractivity contribution is 6.01. The van der Waals surface area contributed by atoms with Crippen LogP contribution in [0.25, 0.3) is 0 Å². The molecule has 1 amide bonds. The molecule has 7 rings (SSSR count). The van der Waals surface area contributed by atoms with E-state index in [0.717, 1.165) is 74.0 Å². The van der Waals surface area contributed by atoms with Gasteiger partial charge in [-0.2, -0.15) is 5.26 Å². The van der Waals surface area contributed by atoms with Crippen molar-refractivity contribution in [2.75, 3.05) is 26.7 Å². The number of benzene rings is 1. The van der Waals surface area contributed by atoms with Crippen LogP contribution in [-0.4, -0.2) is 65.4 Å². The van der Waals surface area contributed by atoms with Crippen LogP contribution in [0, 0.1) is 38.0 Å². The van der Waals surface area contributed by atoms with Gasteiger partial charge in [0.1, 0.15) is 11.6 Å². The summed E-state index contributed by atoms with van der Waals surface area (Å²) in [5.41, 5.74) is 4.38. The van der Waals surface area contributed by atoms with Crippen molar-refractivity contribution in [2.45, 2.75) is 96.1 Å². The molecule has 0 bridgehead atoms. The number of methoxy groups -OCH3 is 1. The summed E-state index contributed by atoms with van der Waals surface area (Å²) in [6.07, 6.45) is 6.24. The highest BCUT2D eigenvalue weighted by Gasteiger charge is 2.57. The molecular weight excluding hydrogens is 532 g/mol. The lowest BCUT2D eigenvalue weighted by atomic mass is 9.80. The number of hydrogen-bond acceptors (Lipinski definition) is 7. The molecule has 0 unspecified atom stereocenters. The zero-order valence-electron chi connectivity index (χ0n) is 25.3. The van der Waals surface area contributed by atoms with Crippen LogP contribution >= 0.6 is 0 Å². The van der Waals surface area contributed by atoms with Gasteiger partial charge in [-0.1, -0.05) is 0 Å². The predicted octanol–water partition coefficient (Wildman–Crippen LogP) is 4.24. The molecule has 1 spiro atoms. The topological polar surface area (TPSA) is 108 Å². The van der Waals surface area contributed by atoms with E-state index in [4.69, 9.17) is 14.2 Å². The molecule has 3 aliphatic heterocycles. The third-order valence-corrected chi connectivity index (χ3v) is 10.8. The van der Waals surface area contributed by atoms with E-state index in [2.05, 4.69) is 16.0 Å². The van der Waals surface area contributed by atoms with Crippen LogP contribution in [0.15, 0.2) is 10.9 Å². The van der Waals surface area contributed by atoms with E-state index < -0.39 is 5.79 Å². The average Bonchev–Trinajstić information content (AvgIpc) is 3.60. The molecular formula is C33H40N4O5. The lowest BCUT2D eigenvalue weighted by Crippen LogP contribution is -2.57. The second-order valence-electron chi connectivity index (χ2n) is 13.4. The normalized spacial score (nSPS) is 28.0. The Bertz CT molecular complexity index is 1570. The number of carbonyl (C=O) groups excluding carboxylic acids is 1. The van der Waals surface area contributed by atoms with Gasteiger partial charge in [-0.05, 0) is 76.5 Å². The van der Waals surface area contributed by atoms with Crippen LogP contribution in [0.1, 0.15) is 89.3 Å². The molecule has 2 aromatic rings. The number of hydrogen-bond donors (Lipinski definition) is 1. The maximum Gasteiger partial charge on any atom is 0.254 e. The van der Waals surface area contributed by atoms with Gasteiger partial charge in [0.15, 0.2) is 11.5 Å². The van der Waals surface area contributed by atoms with Crippen molar-refractivity contribution in [1.29, 1.82) is 5.26 Å². The SMILES string of the molecule is COC1CN(C2CCC([C@]3(C)Oc4c(C)c5c(c(C#N)c4O3)C3(CC3)CN(Cc3c(C)cc(C)[nH]c3=O)C5=O)CC2)C1. The van der Waals surface area contributed by atoms with Crippen molar-refractivity contribution in [2.24, 2.45) is 5.92 Å². The molecule has 1 N–H and O–H groups in total. The van der Waals surface area contributed by atoms with Crippen LogP contribution in [-0.2, 0) is 16.7 Å². The van der Waals surface area contributed by atoms with Gasteiger partial charge in [0.25, 0.3) is 17.3 Å². The first kappa shape index (κ1) is 27.5. The molecule has 9 nitrogen and oxygen atoms in total. The van der Waals surface area contributed by atoms with Crippen molar-refractivity contribution in [3.05, 3.63) is 55.5 Å². The zero-order chi connectivity index (χ0) is 29.6. The molecule has 1 saturated heterocycles. The first-order valence-corrected chi connectivity index (χ1v) is 15.3. The van der Waals surface area contributed by atoms with E-state index in [0.29, 0.717) is 46.9 Å². The van der Waals surface area contributed by atoms with Gasteiger partial charge in [0.2, 0.25) is 0 Å². The number of likely N-dealkylation sites (tertiary alicyclic amines) is 1. The quantitative estimate of drug-likeness (QED) is 0.571. The van der Waals surface area contributed by atoms with Gasteiger partial charge in [0, 0.05) is 67.9 Å². The molecule has 42 heavy (non-hydrogen) atoms. The molecule has 0 radical (unpaired) electrons. The summed E-state index contributed by atoms with van der Waals surface area (Å²) in [4.78, 5) is 34.2. The fourth-order valence-corrected chi connectivity index (χ4v) is 8.05. The lowest BCUT2D eigenvalue weighted by Gasteiger charge is -2.47. The van der Waals surface area contributed by atoms with Crippen LogP contribution in [0.4, 0.5) is 0 Å². The maximum atomic E-state index is 14.2. The Balaban J connectivity index is 1.18. The molecule has 3 fully saturated rings. The number of H-pyrrole nitrogens is 1. The Kier molecular flexibility index (Phi) is 6.27. The third kappa shape index (κ3) is 4.10. The number of pyridine rings is 1. The summed E-state index contributed by atoms with van der Waals surface area (Å²) in [5, 5.41) is 10.5. The van der Waals surface area contributed by atoms with Gasteiger partial charge in [-0.25, -0.2) is 0 Å². The van der Waals surface area contributed by atoms with E-state index in [1.54, 1.807) is 12.0 Å². The molecule has 4 heterocycles. The summed E-state index contributed by atoms with van der Waals surface area (Å²) in [5.74, 6) is 0.171. The fraction of sp³-hybridized carbons (Fsp3) is 0.606. The molecule has 1 atom stereocenters. The monoisotopic (exact) mass is 572 g/mol. The number of nitrogens with one attached hydrogen (secondary N) is 1. The second kappa shape index (κ2) is 9.58. The molecule has 1 aromatic carbocycles. The van der Waals surface area contributed by atoms with Crippen molar-refractivity contribution in [1.82, 2.24) is 14.8 Å². The van der Waals surface area contributed by atoms with E-state index in [9.17, 15) is 14.9 Å². The molecule has 2 aliphatic carbocycles. The highest BCUT2D eigenvalue weighted by Crippen LogP contribution is 2.60. The zero-order valence-corrected chi connectivity index (χ0v) is 25.3. The standard InChI is InChI=1S/C33H40N4O5/c1-18-12-19(2)35-30(38)25(18)16-37-17-33(10-11-33)27-24(13-34)29-28(20(3)26(27)31(37)39)41-32(4,42-29)21-6-8-22(9-7-21)36-14-23(15-36)40-5/h12,21-23H,6-11,14-17H2,1-5H3,(H,35,38)/t21?,22?,32-/m1/s1. The number of aromatic nitrogens is 1. The number of nitrogens with zero attached hydrogens (tertiary/aromatic N) is 3. The predicted molar refractivity (Wildman–Crippen MR) is 156 cm³/mol. The summed E-state index contributed by atoms with van der Waals surface area (Å²) in [6, 6.07) is 4.93. The Morgan fingerprint density at radius 2 is 1.79 bits per heavy atom. The van der Waals surface area contributed by atoms with E-state index in [1.807, 2.05) is 33.8 Å². The number of nitriles is 1. The first-order chi connectivity index (χ1) is 20.1. The summed E-state index contributed by atoms with van der Waals surface area (Å²) in [7, 11) is 1.78. The number of aromatic amines is 1. The molecule has 9 heteroatoms. The van der Waals surface area contributed by atoms with Gasteiger partial charge in [-0.15, -0.1) is 0 Å². The minimum atomic E-state index is -0.886. The number of amides is 1. The largest absolute Gasteiger partial charge is 0.448 e. The smallest absolute Gasteiger partial charge is 0.254 e. The third-order valence-electron chi connectivity index (χ3n) is 10.8. The Hall–Kier alpha value is -3.35. The van der Waals surface area contributed by atoms with Crippen LogP contribution in [0.5, 0.6) is 11.5 Å². The molecule has 2 saturated carbocycles. The van der Waals surface area contributed by atoms with E-state index >= 15 is 0 Å². The van der Waals surface area contributed by atoms with Crippen molar-refractivity contribution in [3.8, 4) is 17.6 Å². The van der Waals surface area contributed by atoms with Gasteiger partial charge < -0.3 is 24.1 Å². The van der Waals surface area contributed by atoms with Gasteiger partial charge in [0.05, 0.1) is 18.2 Å². The van der Waals surface area contributed by atoms with Crippen molar-refractivity contribution < 1.29 is 19.0 Å². The van der Waals surface area contributed by atoms with Crippen LogP contribution in [0.2, 0.25) is 0 Å². The Labute approximate surface area is 246 Å². The molecule has 5 aliphatic rings. The second-order valence-corrected chi connectivity index (χ2v) is 13.4. The van der Waals surface area contributed by atoms with Crippen LogP contribution < -0.4 is 15.0 Å². The van der Waals surface area contributed by atoms with Crippen molar-refractivity contribution in [3.63, 3.8) is 0 Å².